The summed E-state index contributed by atoms with van der Waals surface area (Å²) in [6.45, 7) is 6.00. The van der Waals surface area contributed by atoms with E-state index in [2.05, 4.69) is 20.4 Å². The van der Waals surface area contributed by atoms with E-state index in [1.807, 2.05) is 14.0 Å². The van der Waals surface area contributed by atoms with Crippen molar-refractivity contribution in [2.24, 2.45) is 0 Å². The van der Waals surface area contributed by atoms with Gasteiger partial charge in [-0.15, -0.1) is 0 Å². The summed E-state index contributed by atoms with van der Waals surface area (Å²) in [5.74, 6) is 1.34. The molecule has 6 heteroatoms. The van der Waals surface area contributed by atoms with Crippen LogP contribution >= 0.6 is 0 Å². The quantitative estimate of drug-likeness (QED) is 0.767. The molecule has 0 amide bonds. The van der Waals surface area contributed by atoms with Gasteiger partial charge in [-0.1, -0.05) is 5.16 Å². The van der Waals surface area contributed by atoms with Crippen molar-refractivity contribution in [1.29, 1.82) is 0 Å². The van der Waals surface area contributed by atoms with Crippen LogP contribution in [0, 0.1) is 6.92 Å². The van der Waals surface area contributed by atoms with Crippen LogP contribution < -0.4 is 5.32 Å². The lowest BCUT2D eigenvalue weighted by Gasteiger charge is -2.27. The maximum Gasteiger partial charge on any atom is 0.240 e. The highest BCUT2D eigenvalue weighted by Crippen LogP contribution is 2.03. The molecule has 1 aliphatic heterocycles. The molecule has 1 aromatic rings. The number of ether oxygens (including phenoxy) is 1. The number of likely N-dealkylation sites (N-methyl/N-ethyl adjacent to an activating group) is 1. The van der Waals surface area contributed by atoms with E-state index in [9.17, 15) is 0 Å². The second-order valence-electron chi connectivity index (χ2n) is 4.13. The monoisotopic (exact) mass is 226 g/mol. The first-order valence-corrected chi connectivity index (χ1v) is 5.54. The number of morpholine rings is 1. The van der Waals surface area contributed by atoms with Gasteiger partial charge in [-0.05, 0) is 14.0 Å². The molecular formula is C10H18N4O2. The summed E-state index contributed by atoms with van der Waals surface area (Å²) >= 11 is 0. The Morgan fingerprint density at radius 2 is 2.44 bits per heavy atom. The normalized spacial score (nSPS) is 21.6. The van der Waals surface area contributed by atoms with Gasteiger partial charge in [0.15, 0.2) is 5.82 Å². The van der Waals surface area contributed by atoms with Gasteiger partial charge in [0.25, 0.3) is 0 Å². The molecule has 16 heavy (non-hydrogen) atoms. The Bertz CT molecular complexity index is 322. The summed E-state index contributed by atoms with van der Waals surface area (Å²) in [5, 5.41) is 7.07. The topological polar surface area (TPSA) is 63.4 Å². The number of aryl methyl sites for hydroxylation is 1. The average Bonchev–Trinajstić information content (AvgIpc) is 2.65. The van der Waals surface area contributed by atoms with Crippen molar-refractivity contribution in [3.63, 3.8) is 0 Å². The molecule has 1 fully saturated rings. The fourth-order valence-corrected chi connectivity index (χ4v) is 1.78. The molecule has 1 saturated heterocycles. The highest BCUT2D eigenvalue weighted by Gasteiger charge is 2.16. The minimum Gasteiger partial charge on any atom is -0.374 e. The Hall–Kier alpha value is -0.980. The number of hydrogen-bond donors (Lipinski definition) is 1. The van der Waals surface area contributed by atoms with Gasteiger partial charge in [-0.25, -0.2) is 0 Å². The van der Waals surface area contributed by atoms with Gasteiger partial charge in [0.05, 0.1) is 19.3 Å². The highest BCUT2D eigenvalue weighted by atomic mass is 16.5. The van der Waals surface area contributed by atoms with E-state index >= 15 is 0 Å². The van der Waals surface area contributed by atoms with Crippen LogP contribution in [0.4, 0.5) is 0 Å². The van der Waals surface area contributed by atoms with Crippen molar-refractivity contribution in [3.05, 3.63) is 11.7 Å². The third kappa shape index (κ3) is 3.26. The highest BCUT2D eigenvalue weighted by molar-refractivity contribution is 4.83. The summed E-state index contributed by atoms with van der Waals surface area (Å²) < 4.78 is 10.7. The van der Waals surface area contributed by atoms with Crippen LogP contribution in [0.5, 0.6) is 0 Å². The SMILES string of the molecule is Cc1noc(CN(C)CC2CNCCO2)n1. The molecular weight excluding hydrogens is 208 g/mol. The van der Waals surface area contributed by atoms with Crippen LogP contribution in [-0.2, 0) is 11.3 Å². The molecule has 1 aliphatic rings. The number of aromatic nitrogens is 2. The molecule has 0 aromatic carbocycles. The molecule has 6 nitrogen and oxygen atoms in total. The van der Waals surface area contributed by atoms with Crippen LogP contribution in [0.25, 0.3) is 0 Å². The number of hydrogen-bond acceptors (Lipinski definition) is 6. The van der Waals surface area contributed by atoms with Crippen molar-refractivity contribution < 1.29 is 9.26 Å². The van der Waals surface area contributed by atoms with Crippen molar-refractivity contribution >= 4 is 0 Å². The molecule has 0 spiro atoms. The summed E-state index contributed by atoms with van der Waals surface area (Å²) in [4.78, 5) is 6.30. The molecule has 2 rings (SSSR count). The van der Waals surface area contributed by atoms with E-state index in [-0.39, 0.29) is 6.10 Å². The van der Waals surface area contributed by atoms with E-state index in [1.165, 1.54) is 0 Å². The number of rotatable bonds is 4. The van der Waals surface area contributed by atoms with E-state index < -0.39 is 0 Å². The standard InChI is InChI=1S/C10H18N4O2/c1-8-12-10(16-13-8)7-14(2)6-9-5-11-3-4-15-9/h9,11H,3-7H2,1-2H3. The minimum absolute atomic E-state index is 0.253. The van der Waals surface area contributed by atoms with Crippen LogP contribution in [0.1, 0.15) is 11.7 Å². The summed E-state index contributed by atoms with van der Waals surface area (Å²) in [7, 11) is 2.03. The van der Waals surface area contributed by atoms with Crippen molar-refractivity contribution in [2.45, 2.75) is 19.6 Å². The number of nitrogens with zero attached hydrogens (tertiary/aromatic N) is 3. The molecule has 0 saturated carbocycles. The second kappa shape index (κ2) is 5.38. The van der Waals surface area contributed by atoms with Crippen LogP contribution in [0.2, 0.25) is 0 Å². The second-order valence-corrected chi connectivity index (χ2v) is 4.13. The van der Waals surface area contributed by atoms with Crippen LogP contribution in [0.15, 0.2) is 4.52 Å². The summed E-state index contributed by atoms with van der Waals surface area (Å²) in [5.41, 5.74) is 0. The third-order valence-corrected chi connectivity index (χ3v) is 2.49. The van der Waals surface area contributed by atoms with Gasteiger partial charge < -0.3 is 14.6 Å². The predicted molar refractivity (Wildman–Crippen MR) is 58.0 cm³/mol. The van der Waals surface area contributed by atoms with E-state index in [0.29, 0.717) is 18.3 Å². The molecule has 1 unspecified atom stereocenters. The first kappa shape index (κ1) is 11.5. The third-order valence-electron chi connectivity index (χ3n) is 2.49. The lowest BCUT2D eigenvalue weighted by molar-refractivity contribution is 0.00748. The van der Waals surface area contributed by atoms with Crippen molar-refractivity contribution in [1.82, 2.24) is 20.4 Å². The van der Waals surface area contributed by atoms with Gasteiger partial charge in [0, 0.05) is 19.6 Å². The number of nitrogens with one attached hydrogen (secondary N) is 1. The fraction of sp³-hybridized carbons (Fsp3) is 0.800. The first-order valence-electron chi connectivity index (χ1n) is 5.54. The van der Waals surface area contributed by atoms with Gasteiger partial charge in [-0.2, -0.15) is 4.98 Å². The maximum absolute atomic E-state index is 5.62. The Labute approximate surface area is 95.0 Å². The van der Waals surface area contributed by atoms with Gasteiger partial charge in [0.2, 0.25) is 5.89 Å². The molecule has 90 valence electrons. The smallest absolute Gasteiger partial charge is 0.240 e. The molecule has 0 bridgehead atoms. The zero-order valence-electron chi connectivity index (χ0n) is 9.77. The molecule has 0 aliphatic carbocycles. The van der Waals surface area contributed by atoms with Gasteiger partial charge in [-0.3, -0.25) is 4.90 Å². The van der Waals surface area contributed by atoms with Crippen molar-refractivity contribution in [3.8, 4) is 0 Å². The Morgan fingerprint density at radius 3 is 3.06 bits per heavy atom. The lowest BCUT2D eigenvalue weighted by atomic mass is 10.3. The summed E-state index contributed by atoms with van der Waals surface area (Å²) in [6.07, 6.45) is 0.253. The van der Waals surface area contributed by atoms with E-state index in [0.717, 1.165) is 26.2 Å². The van der Waals surface area contributed by atoms with Gasteiger partial charge in [0.1, 0.15) is 0 Å². The molecule has 1 atom stereocenters. The Balaban J connectivity index is 1.77. The maximum atomic E-state index is 5.62. The van der Waals surface area contributed by atoms with Crippen LogP contribution in [0.3, 0.4) is 0 Å². The van der Waals surface area contributed by atoms with Crippen LogP contribution in [-0.4, -0.2) is 54.4 Å². The molecule has 1 aromatic heterocycles. The molecule has 2 heterocycles. The predicted octanol–water partition coefficient (Wildman–Crippen LogP) is -0.202. The Kier molecular flexibility index (Phi) is 3.87. The average molecular weight is 226 g/mol. The van der Waals surface area contributed by atoms with E-state index in [1.54, 1.807) is 0 Å². The van der Waals surface area contributed by atoms with Crippen molar-refractivity contribution in [2.75, 3.05) is 33.3 Å². The largest absolute Gasteiger partial charge is 0.374 e. The van der Waals surface area contributed by atoms with E-state index in [4.69, 9.17) is 9.26 Å². The lowest BCUT2D eigenvalue weighted by Crippen LogP contribution is -2.44. The Morgan fingerprint density at radius 1 is 1.56 bits per heavy atom. The first-order chi connectivity index (χ1) is 7.74. The fourth-order valence-electron chi connectivity index (χ4n) is 1.78. The molecule has 0 radical (unpaired) electrons. The minimum atomic E-state index is 0.253. The molecule has 1 N–H and O–H groups in total. The zero-order valence-corrected chi connectivity index (χ0v) is 9.77. The zero-order chi connectivity index (χ0) is 11.4. The summed E-state index contributed by atoms with van der Waals surface area (Å²) in [6, 6.07) is 0. The van der Waals surface area contributed by atoms with Gasteiger partial charge >= 0.3 is 0 Å².